The molecule has 1 aliphatic heterocycles. The number of rotatable bonds is 6. The van der Waals surface area contributed by atoms with Crippen molar-refractivity contribution in [3.63, 3.8) is 0 Å². The molecule has 0 amide bonds. The minimum atomic E-state index is -0.0398. The summed E-state index contributed by atoms with van der Waals surface area (Å²) in [5, 5.41) is 3.56. The molecule has 2 fully saturated rings. The fourth-order valence-corrected chi connectivity index (χ4v) is 4.20. The van der Waals surface area contributed by atoms with Crippen LogP contribution >= 0.6 is 0 Å². The van der Waals surface area contributed by atoms with Crippen LogP contribution in [0.1, 0.15) is 45.4 Å². The number of aromatic nitrogens is 1. The number of hydrogen-bond donors (Lipinski definition) is 1. The fourth-order valence-electron chi connectivity index (χ4n) is 4.20. The molecule has 1 aliphatic carbocycles. The van der Waals surface area contributed by atoms with E-state index < -0.39 is 0 Å². The average molecular weight is 331 g/mol. The van der Waals surface area contributed by atoms with Gasteiger partial charge in [0.1, 0.15) is 6.10 Å². The van der Waals surface area contributed by atoms with Crippen LogP contribution in [0.2, 0.25) is 0 Å². The number of nitrogens with zero attached hydrogens (tertiary/aromatic N) is 2. The van der Waals surface area contributed by atoms with Gasteiger partial charge in [0.2, 0.25) is 0 Å². The van der Waals surface area contributed by atoms with Crippen LogP contribution in [0, 0.1) is 5.41 Å². The van der Waals surface area contributed by atoms with Crippen molar-refractivity contribution < 1.29 is 9.53 Å². The van der Waals surface area contributed by atoms with E-state index in [0.29, 0.717) is 17.9 Å². The van der Waals surface area contributed by atoms with Gasteiger partial charge in [-0.3, -0.25) is 9.78 Å². The normalized spacial score (nSPS) is 22.3. The third-order valence-electron chi connectivity index (χ3n) is 5.88. The maximum absolute atomic E-state index is 10.3. The van der Waals surface area contributed by atoms with Crippen molar-refractivity contribution in [2.45, 2.75) is 57.6 Å². The highest BCUT2D eigenvalue weighted by Crippen LogP contribution is 2.45. The van der Waals surface area contributed by atoms with Crippen LogP contribution in [0.5, 0.6) is 0 Å². The lowest BCUT2D eigenvalue weighted by Gasteiger charge is -2.46. The molecule has 1 saturated carbocycles. The van der Waals surface area contributed by atoms with Crippen molar-refractivity contribution in [3.05, 3.63) is 24.5 Å². The molecule has 132 valence electrons. The number of nitrogens with one attached hydrogen (secondary N) is 1. The van der Waals surface area contributed by atoms with Gasteiger partial charge in [-0.25, -0.2) is 0 Å². The Hall–Kier alpha value is -1.62. The minimum absolute atomic E-state index is 0.0398. The molecule has 24 heavy (non-hydrogen) atoms. The zero-order chi connectivity index (χ0) is 16.8. The van der Waals surface area contributed by atoms with E-state index in [1.54, 1.807) is 0 Å². The van der Waals surface area contributed by atoms with Gasteiger partial charge in [-0.1, -0.05) is 0 Å². The van der Waals surface area contributed by atoms with E-state index in [1.165, 1.54) is 44.2 Å². The Morgan fingerprint density at radius 3 is 2.58 bits per heavy atom. The summed E-state index contributed by atoms with van der Waals surface area (Å²) in [4.78, 5) is 16.9. The summed E-state index contributed by atoms with van der Waals surface area (Å²) in [5.41, 5.74) is 1.85. The predicted molar refractivity (Wildman–Crippen MR) is 95.0 cm³/mol. The lowest BCUT2D eigenvalue weighted by Crippen LogP contribution is -2.45. The Labute approximate surface area is 144 Å². The van der Waals surface area contributed by atoms with Gasteiger partial charge in [-0.15, -0.1) is 0 Å². The Balaban J connectivity index is 1.43. The van der Waals surface area contributed by atoms with Crippen LogP contribution in [-0.4, -0.2) is 43.2 Å². The molecule has 1 aromatic heterocycles. The van der Waals surface area contributed by atoms with Crippen molar-refractivity contribution in [1.82, 2.24) is 10.3 Å². The second-order valence-corrected chi connectivity index (χ2v) is 7.42. The van der Waals surface area contributed by atoms with Gasteiger partial charge >= 0.3 is 0 Å². The first-order valence-electron chi connectivity index (χ1n) is 9.18. The van der Waals surface area contributed by atoms with Crippen molar-refractivity contribution >= 4 is 12.2 Å². The molecule has 1 saturated heterocycles. The third kappa shape index (κ3) is 4.26. The number of carbonyl (C=O) groups is 1. The monoisotopic (exact) mass is 331 g/mol. The van der Waals surface area contributed by atoms with Crippen molar-refractivity contribution in [2.75, 3.05) is 24.5 Å². The summed E-state index contributed by atoms with van der Waals surface area (Å²) < 4.78 is 4.94. The highest BCUT2D eigenvalue weighted by Gasteiger charge is 2.38. The molecule has 0 aromatic carbocycles. The summed E-state index contributed by atoms with van der Waals surface area (Å²) in [5.74, 6) is 0. The molecule has 1 N–H and O–H groups in total. The molecule has 0 radical (unpaired) electrons. The lowest BCUT2D eigenvalue weighted by atomic mass is 9.67. The van der Waals surface area contributed by atoms with Crippen molar-refractivity contribution in [3.8, 4) is 0 Å². The number of hydrogen-bond acceptors (Lipinski definition) is 5. The lowest BCUT2D eigenvalue weighted by molar-refractivity contribution is -0.132. The van der Waals surface area contributed by atoms with Crippen LogP contribution in [0.3, 0.4) is 0 Å². The Morgan fingerprint density at radius 1 is 1.29 bits per heavy atom. The van der Waals surface area contributed by atoms with Gasteiger partial charge in [-0.2, -0.15) is 0 Å². The average Bonchev–Trinajstić information content (AvgIpc) is 2.63. The first-order chi connectivity index (χ1) is 11.7. The van der Waals surface area contributed by atoms with Crippen LogP contribution in [0.15, 0.2) is 24.5 Å². The van der Waals surface area contributed by atoms with Gasteiger partial charge in [0.25, 0.3) is 6.47 Å². The summed E-state index contributed by atoms with van der Waals surface area (Å²) in [6.07, 6.45) is 11.4. The van der Waals surface area contributed by atoms with Crippen LogP contribution in [0.4, 0.5) is 5.69 Å². The zero-order valence-electron chi connectivity index (χ0n) is 14.6. The molecule has 1 spiro atoms. The first-order valence-corrected chi connectivity index (χ1v) is 9.18. The van der Waals surface area contributed by atoms with E-state index in [0.717, 1.165) is 19.6 Å². The Morgan fingerprint density at radius 2 is 1.96 bits per heavy atom. The van der Waals surface area contributed by atoms with Gasteiger partial charge < -0.3 is 15.0 Å². The minimum Gasteiger partial charge on any atom is -0.464 e. The van der Waals surface area contributed by atoms with E-state index >= 15 is 0 Å². The first kappa shape index (κ1) is 17.2. The van der Waals surface area contributed by atoms with Crippen LogP contribution in [0.25, 0.3) is 0 Å². The quantitative estimate of drug-likeness (QED) is 0.812. The summed E-state index contributed by atoms with van der Waals surface area (Å²) in [7, 11) is 0. The smallest absolute Gasteiger partial charge is 0.293 e. The number of ether oxygens (including phenoxy) is 1. The van der Waals surface area contributed by atoms with Gasteiger partial charge in [-0.05, 0) is 63.0 Å². The summed E-state index contributed by atoms with van der Waals surface area (Å²) in [6.45, 7) is 5.55. The maximum atomic E-state index is 10.3. The predicted octanol–water partition coefficient (Wildman–Crippen LogP) is 2.76. The molecule has 1 aromatic rings. The molecule has 5 nitrogen and oxygen atoms in total. The standard InChI is InChI=1S/C19H29N3O2/c1-16(24-15-23)14-21-17-2-6-19(7-3-17)8-12-22(13-9-19)18-4-10-20-11-5-18/h4-5,10-11,15-17,21H,2-3,6-9,12-14H2,1H3/t16-/m0/s1. The van der Waals surface area contributed by atoms with E-state index in [2.05, 4.69) is 27.3 Å². The molecular formula is C19H29N3O2. The SMILES string of the molecule is C[C@@H](CNC1CCC2(CC1)CCN(c1ccncc1)CC2)OC=O. The van der Waals surface area contributed by atoms with Crippen molar-refractivity contribution in [1.29, 1.82) is 0 Å². The zero-order valence-corrected chi connectivity index (χ0v) is 14.6. The molecule has 2 heterocycles. The fraction of sp³-hybridized carbons (Fsp3) is 0.684. The largest absolute Gasteiger partial charge is 0.464 e. The number of anilines is 1. The van der Waals surface area contributed by atoms with Crippen molar-refractivity contribution in [2.24, 2.45) is 5.41 Å². The molecular weight excluding hydrogens is 302 g/mol. The molecule has 2 aliphatic rings. The number of piperidine rings is 1. The number of carbonyl (C=O) groups excluding carboxylic acids is 1. The molecule has 1 atom stereocenters. The highest BCUT2D eigenvalue weighted by atomic mass is 16.5. The molecule has 0 unspecified atom stereocenters. The van der Waals surface area contributed by atoms with E-state index in [-0.39, 0.29) is 6.10 Å². The molecule has 0 bridgehead atoms. The highest BCUT2D eigenvalue weighted by molar-refractivity contribution is 5.45. The van der Waals surface area contributed by atoms with Crippen LogP contribution in [-0.2, 0) is 9.53 Å². The summed E-state index contributed by atoms with van der Waals surface area (Å²) >= 11 is 0. The maximum Gasteiger partial charge on any atom is 0.293 e. The second kappa shape index (κ2) is 7.97. The Bertz CT molecular complexity index is 505. The van der Waals surface area contributed by atoms with E-state index in [4.69, 9.17) is 4.74 Å². The van der Waals surface area contributed by atoms with E-state index in [1.807, 2.05) is 19.3 Å². The third-order valence-corrected chi connectivity index (χ3v) is 5.88. The van der Waals surface area contributed by atoms with Gasteiger partial charge in [0, 0.05) is 43.8 Å². The topological polar surface area (TPSA) is 54.5 Å². The second-order valence-electron chi connectivity index (χ2n) is 7.42. The summed E-state index contributed by atoms with van der Waals surface area (Å²) in [6, 6.07) is 4.80. The van der Waals surface area contributed by atoms with E-state index in [9.17, 15) is 4.79 Å². The van der Waals surface area contributed by atoms with Gasteiger partial charge in [0.15, 0.2) is 0 Å². The molecule has 5 heteroatoms. The van der Waals surface area contributed by atoms with Gasteiger partial charge in [0.05, 0.1) is 0 Å². The van der Waals surface area contributed by atoms with Crippen LogP contribution < -0.4 is 10.2 Å². The Kier molecular flexibility index (Phi) is 5.72. The number of pyridine rings is 1. The molecule has 3 rings (SSSR count).